The van der Waals surface area contributed by atoms with Crippen LogP contribution in [0.5, 0.6) is 0 Å². The van der Waals surface area contributed by atoms with Crippen LogP contribution in [0.4, 0.5) is 5.82 Å². The van der Waals surface area contributed by atoms with Crippen molar-refractivity contribution in [2.24, 2.45) is 5.84 Å². The fourth-order valence-corrected chi connectivity index (χ4v) is 2.30. The lowest BCUT2D eigenvalue weighted by molar-refractivity contribution is 0.636. The molecule has 0 saturated heterocycles. The average molecular weight is 307 g/mol. The Labute approximate surface area is 115 Å². The van der Waals surface area contributed by atoms with Gasteiger partial charge >= 0.3 is 0 Å². The Bertz CT molecular complexity index is 556. The van der Waals surface area contributed by atoms with E-state index in [4.69, 9.17) is 11.6 Å². The van der Waals surface area contributed by atoms with E-state index in [-0.39, 0.29) is 6.04 Å². The van der Waals surface area contributed by atoms with Crippen molar-refractivity contribution in [3.05, 3.63) is 57.7 Å². The number of anilines is 1. The van der Waals surface area contributed by atoms with E-state index in [0.29, 0.717) is 5.82 Å². The van der Waals surface area contributed by atoms with Crippen molar-refractivity contribution < 1.29 is 0 Å². The predicted octanol–water partition coefficient (Wildman–Crippen LogP) is 2.29. The van der Waals surface area contributed by atoms with Crippen molar-refractivity contribution in [2.45, 2.75) is 13.0 Å². The fourth-order valence-electron chi connectivity index (χ4n) is 1.89. The molecule has 0 aliphatic carbocycles. The van der Waals surface area contributed by atoms with Crippen LogP contribution >= 0.6 is 15.9 Å². The lowest BCUT2D eigenvalue weighted by atomic mass is 9.99. The molecule has 4 nitrogen and oxygen atoms in total. The van der Waals surface area contributed by atoms with E-state index in [1.165, 1.54) is 0 Å². The minimum Gasteiger partial charge on any atom is -0.383 e. The lowest BCUT2D eigenvalue weighted by Crippen LogP contribution is -2.29. The smallest absolute Gasteiger partial charge is 0.128 e. The maximum atomic E-state index is 5.92. The molecule has 0 bridgehead atoms. The number of nitrogens with zero attached hydrogens (tertiary/aromatic N) is 1. The zero-order chi connectivity index (χ0) is 13.1. The predicted molar refractivity (Wildman–Crippen MR) is 76.7 cm³/mol. The maximum Gasteiger partial charge on any atom is 0.128 e. The van der Waals surface area contributed by atoms with Gasteiger partial charge in [0.15, 0.2) is 0 Å². The van der Waals surface area contributed by atoms with Crippen LogP contribution in [-0.4, -0.2) is 4.98 Å². The van der Waals surface area contributed by atoms with Crippen LogP contribution in [0.15, 0.2) is 41.0 Å². The van der Waals surface area contributed by atoms with E-state index in [1.54, 1.807) is 6.20 Å². The molecule has 1 aromatic heterocycles. The highest BCUT2D eigenvalue weighted by atomic mass is 79.9. The number of nitrogen functional groups attached to an aromatic ring is 1. The molecule has 0 radical (unpaired) electrons. The van der Waals surface area contributed by atoms with E-state index in [2.05, 4.69) is 26.3 Å². The molecule has 0 spiro atoms. The number of aryl methyl sites for hydroxylation is 1. The number of hydrogen-bond donors (Lipinski definition) is 3. The van der Waals surface area contributed by atoms with Crippen molar-refractivity contribution >= 4 is 21.7 Å². The van der Waals surface area contributed by atoms with E-state index in [9.17, 15) is 0 Å². The number of pyridine rings is 1. The summed E-state index contributed by atoms with van der Waals surface area (Å²) in [5, 5.41) is 0. The summed E-state index contributed by atoms with van der Waals surface area (Å²) in [5.74, 6) is 6.15. The molecular formula is C13H15BrN4. The molecule has 0 amide bonds. The number of benzene rings is 1. The molecular weight excluding hydrogens is 292 g/mol. The Kier molecular flexibility index (Phi) is 3.96. The average Bonchev–Trinajstić information content (AvgIpc) is 2.35. The number of nitrogens with two attached hydrogens (primary N) is 2. The molecule has 2 rings (SSSR count). The lowest BCUT2D eigenvalue weighted by Gasteiger charge is -2.18. The fraction of sp³-hybridized carbons (Fsp3) is 0.154. The van der Waals surface area contributed by atoms with Gasteiger partial charge in [0.05, 0.1) is 6.04 Å². The standard InChI is InChI=1S/C13H15BrN4/c1-8-5-11(13(15)17-7-8)12(18-16)9-3-2-4-10(14)6-9/h2-7,12,18H,16H2,1H3,(H2,15,17). The molecule has 5 heteroatoms. The van der Waals surface area contributed by atoms with Gasteiger partial charge in [-0.05, 0) is 36.2 Å². The zero-order valence-electron chi connectivity index (χ0n) is 10.0. The second-order valence-corrected chi connectivity index (χ2v) is 5.06. The number of aromatic nitrogens is 1. The van der Waals surface area contributed by atoms with Gasteiger partial charge < -0.3 is 5.73 Å². The first-order valence-corrected chi connectivity index (χ1v) is 6.34. The molecule has 1 unspecified atom stereocenters. The van der Waals surface area contributed by atoms with Crippen LogP contribution in [-0.2, 0) is 0 Å². The summed E-state index contributed by atoms with van der Waals surface area (Å²) in [6.07, 6.45) is 1.74. The number of nitrogens with one attached hydrogen (secondary N) is 1. The molecule has 0 fully saturated rings. The summed E-state index contributed by atoms with van der Waals surface area (Å²) in [5.41, 5.74) is 11.7. The van der Waals surface area contributed by atoms with Gasteiger partial charge in [0.1, 0.15) is 5.82 Å². The topological polar surface area (TPSA) is 77.0 Å². The van der Waals surface area contributed by atoms with Crippen molar-refractivity contribution in [2.75, 3.05) is 5.73 Å². The van der Waals surface area contributed by atoms with E-state index in [0.717, 1.165) is 21.2 Å². The van der Waals surface area contributed by atoms with Crippen LogP contribution in [0.2, 0.25) is 0 Å². The zero-order valence-corrected chi connectivity index (χ0v) is 11.6. The van der Waals surface area contributed by atoms with Gasteiger partial charge in [-0.2, -0.15) is 0 Å². The molecule has 5 N–H and O–H groups in total. The van der Waals surface area contributed by atoms with Crippen LogP contribution in [0, 0.1) is 6.92 Å². The number of rotatable bonds is 3. The first-order chi connectivity index (χ1) is 8.61. The van der Waals surface area contributed by atoms with Gasteiger partial charge in [0, 0.05) is 16.2 Å². The second-order valence-electron chi connectivity index (χ2n) is 4.14. The Hall–Kier alpha value is -1.43. The first kappa shape index (κ1) is 13.0. The Morgan fingerprint density at radius 2 is 2.11 bits per heavy atom. The second kappa shape index (κ2) is 5.48. The van der Waals surface area contributed by atoms with Gasteiger partial charge in [0.25, 0.3) is 0 Å². The molecule has 0 aliphatic rings. The summed E-state index contributed by atoms with van der Waals surface area (Å²) in [6, 6.07) is 9.75. The van der Waals surface area contributed by atoms with E-state index < -0.39 is 0 Å². The summed E-state index contributed by atoms with van der Waals surface area (Å²) in [7, 11) is 0. The molecule has 1 heterocycles. The van der Waals surface area contributed by atoms with Crippen molar-refractivity contribution in [1.82, 2.24) is 10.4 Å². The SMILES string of the molecule is Cc1cnc(N)c(C(NN)c2cccc(Br)c2)c1. The third-order valence-electron chi connectivity index (χ3n) is 2.75. The highest BCUT2D eigenvalue weighted by Gasteiger charge is 2.16. The highest BCUT2D eigenvalue weighted by molar-refractivity contribution is 9.10. The van der Waals surface area contributed by atoms with Crippen LogP contribution < -0.4 is 17.0 Å². The first-order valence-electron chi connectivity index (χ1n) is 5.55. The Morgan fingerprint density at radius 1 is 1.33 bits per heavy atom. The number of hydrazine groups is 1. The maximum absolute atomic E-state index is 5.92. The van der Waals surface area contributed by atoms with Crippen molar-refractivity contribution in [3.63, 3.8) is 0 Å². The summed E-state index contributed by atoms with van der Waals surface area (Å²) >= 11 is 3.45. The normalized spacial score (nSPS) is 12.4. The molecule has 1 aromatic carbocycles. The molecule has 0 aliphatic heterocycles. The van der Waals surface area contributed by atoms with Crippen LogP contribution in [0.3, 0.4) is 0 Å². The largest absolute Gasteiger partial charge is 0.383 e. The number of halogens is 1. The van der Waals surface area contributed by atoms with Gasteiger partial charge in [-0.1, -0.05) is 28.1 Å². The van der Waals surface area contributed by atoms with Crippen LogP contribution in [0.25, 0.3) is 0 Å². The minimum atomic E-state index is -0.171. The van der Waals surface area contributed by atoms with Crippen LogP contribution in [0.1, 0.15) is 22.7 Å². The van der Waals surface area contributed by atoms with Gasteiger partial charge in [-0.25, -0.2) is 10.4 Å². The van der Waals surface area contributed by atoms with Gasteiger partial charge in [-0.15, -0.1) is 0 Å². The van der Waals surface area contributed by atoms with E-state index in [1.807, 2.05) is 37.3 Å². The van der Waals surface area contributed by atoms with Gasteiger partial charge in [0.2, 0.25) is 0 Å². The van der Waals surface area contributed by atoms with Crippen molar-refractivity contribution in [1.29, 1.82) is 0 Å². The molecule has 1 atom stereocenters. The van der Waals surface area contributed by atoms with E-state index >= 15 is 0 Å². The minimum absolute atomic E-state index is 0.171. The molecule has 0 saturated carbocycles. The summed E-state index contributed by atoms with van der Waals surface area (Å²) < 4.78 is 0.999. The Morgan fingerprint density at radius 3 is 2.78 bits per heavy atom. The quantitative estimate of drug-likeness (QED) is 0.600. The molecule has 18 heavy (non-hydrogen) atoms. The number of hydrogen-bond acceptors (Lipinski definition) is 4. The third-order valence-corrected chi connectivity index (χ3v) is 3.24. The highest BCUT2D eigenvalue weighted by Crippen LogP contribution is 2.27. The molecule has 94 valence electrons. The molecule has 2 aromatic rings. The third kappa shape index (κ3) is 2.69. The van der Waals surface area contributed by atoms with Gasteiger partial charge in [-0.3, -0.25) is 5.84 Å². The summed E-state index contributed by atoms with van der Waals surface area (Å²) in [6.45, 7) is 1.98. The Balaban J connectivity index is 2.48. The summed E-state index contributed by atoms with van der Waals surface area (Å²) in [4.78, 5) is 4.17. The van der Waals surface area contributed by atoms with Crippen molar-refractivity contribution in [3.8, 4) is 0 Å². The monoisotopic (exact) mass is 306 g/mol.